The Morgan fingerprint density at radius 2 is 2.09 bits per heavy atom. The monoisotopic (exact) mass is 295 g/mol. The number of para-hydroxylation sites is 1. The summed E-state index contributed by atoms with van der Waals surface area (Å²) in [5, 5.41) is 20.0. The summed E-state index contributed by atoms with van der Waals surface area (Å²) in [4.78, 5) is 4.39. The minimum Gasteiger partial charge on any atom is -0.504 e. The van der Waals surface area contributed by atoms with Gasteiger partial charge in [0.05, 0.1) is 7.11 Å². The second kappa shape index (κ2) is 5.57. The molecule has 0 spiro atoms. The topological polar surface area (TPSA) is 92.2 Å². The maximum absolute atomic E-state index is 10.5. The van der Waals surface area contributed by atoms with Crippen molar-refractivity contribution in [2.75, 3.05) is 12.8 Å². The number of ether oxygens (including phenoxy) is 1. The summed E-state index contributed by atoms with van der Waals surface area (Å²) in [7, 11) is 1.50. The SMILES string of the molecule is COc1cccc(-c2c(C#N)c(N)nc3c2CCCC3)c1O. The van der Waals surface area contributed by atoms with Gasteiger partial charge in [-0.15, -0.1) is 0 Å². The molecule has 112 valence electrons. The zero-order chi connectivity index (χ0) is 15.7. The van der Waals surface area contributed by atoms with E-state index in [4.69, 9.17) is 10.5 Å². The van der Waals surface area contributed by atoms with Gasteiger partial charge in [-0.05, 0) is 37.3 Å². The molecule has 1 aliphatic rings. The van der Waals surface area contributed by atoms with Crippen molar-refractivity contribution in [1.29, 1.82) is 5.26 Å². The van der Waals surface area contributed by atoms with Gasteiger partial charge in [-0.3, -0.25) is 0 Å². The smallest absolute Gasteiger partial charge is 0.165 e. The molecule has 1 aromatic carbocycles. The maximum atomic E-state index is 10.5. The van der Waals surface area contributed by atoms with Gasteiger partial charge in [0, 0.05) is 16.8 Å². The van der Waals surface area contributed by atoms with Crippen molar-refractivity contribution in [1.82, 2.24) is 4.98 Å². The van der Waals surface area contributed by atoms with E-state index in [0.29, 0.717) is 22.4 Å². The number of fused-ring (bicyclic) bond motifs is 1. The van der Waals surface area contributed by atoms with Gasteiger partial charge in [-0.2, -0.15) is 5.26 Å². The summed E-state index contributed by atoms with van der Waals surface area (Å²) >= 11 is 0. The highest BCUT2D eigenvalue weighted by atomic mass is 16.5. The van der Waals surface area contributed by atoms with Gasteiger partial charge in [0.15, 0.2) is 11.5 Å². The molecular weight excluding hydrogens is 278 g/mol. The molecule has 1 heterocycles. The molecule has 0 atom stereocenters. The number of benzene rings is 1. The van der Waals surface area contributed by atoms with E-state index in [9.17, 15) is 10.4 Å². The van der Waals surface area contributed by atoms with Crippen LogP contribution in [0.1, 0.15) is 29.7 Å². The molecule has 0 radical (unpaired) electrons. The number of phenolic OH excluding ortho intramolecular Hbond substituents is 1. The van der Waals surface area contributed by atoms with Crippen molar-refractivity contribution in [2.45, 2.75) is 25.7 Å². The number of nitrogens with zero attached hydrogens (tertiary/aromatic N) is 2. The lowest BCUT2D eigenvalue weighted by Crippen LogP contribution is -2.12. The fraction of sp³-hybridized carbons (Fsp3) is 0.294. The van der Waals surface area contributed by atoms with Crippen molar-refractivity contribution < 1.29 is 9.84 Å². The molecule has 0 bridgehead atoms. The summed E-state index contributed by atoms with van der Waals surface area (Å²) in [5.41, 5.74) is 9.50. The quantitative estimate of drug-likeness (QED) is 0.888. The number of nitrogen functional groups attached to an aromatic ring is 1. The molecule has 0 unspecified atom stereocenters. The molecule has 3 N–H and O–H groups in total. The van der Waals surface area contributed by atoms with E-state index in [1.54, 1.807) is 18.2 Å². The van der Waals surface area contributed by atoms with Crippen LogP contribution in [0.15, 0.2) is 18.2 Å². The van der Waals surface area contributed by atoms with Gasteiger partial charge in [-0.1, -0.05) is 12.1 Å². The van der Waals surface area contributed by atoms with E-state index in [1.807, 2.05) is 0 Å². The summed E-state index contributed by atoms with van der Waals surface area (Å²) in [6, 6.07) is 7.39. The van der Waals surface area contributed by atoms with E-state index >= 15 is 0 Å². The number of anilines is 1. The van der Waals surface area contributed by atoms with Gasteiger partial charge < -0.3 is 15.6 Å². The van der Waals surface area contributed by atoms with E-state index in [2.05, 4.69) is 11.1 Å². The minimum absolute atomic E-state index is 0.0277. The molecule has 0 aliphatic heterocycles. The average Bonchev–Trinajstić information content (AvgIpc) is 2.54. The van der Waals surface area contributed by atoms with E-state index in [-0.39, 0.29) is 11.6 Å². The van der Waals surface area contributed by atoms with Gasteiger partial charge in [0.1, 0.15) is 17.5 Å². The number of nitriles is 1. The van der Waals surface area contributed by atoms with E-state index < -0.39 is 0 Å². The summed E-state index contributed by atoms with van der Waals surface area (Å²) in [5.74, 6) is 0.626. The fourth-order valence-corrected chi connectivity index (χ4v) is 3.06. The Kier molecular flexibility index (Phi) is 3.60. The second-order valence-electron chi connectivity index (χ2n) is 5.35. The van der Waals surface area contributed by atoms with E-state index in [0.717, 1.165) is 36.9 Å². The number of methoxy groups -OCH3 is 1. The van der Waals surface area contributed by atoms with Crippen LogP contribution >= 0.6 is 0 Å². The van der Waals surface area contributed by atoms with E-state index in [1.165, 1.54) is 7.11 Å². The van der Waals surface area contributed by atoms with Crippen LogP contribution in [-0.4, -0.2) is 17.2 Å². The first-order chi connectivity index (χ1) is 10.7. The number of hydrogen-bond acceptors (Lipinski definition) is 5. The zero-order valence-corrected chi connectivity index (χ0v) is 12.4. The van der Waals surface area contributed by atoms with Crippen molar-refractivity contribution in [3.8, 4) is 28.7 Å². The van der Waals surface area contributed by atoms with Crippen molar-refractivity contribution in [3.05, 3.63) is 35.0 Å². The molecule has 5 heteroatoms. The van der Waals surface area contributed by atoms with Crippen LogP contribution in [0.5, 0.6) is 11.5 Å². The average molecular weight is 295 g/mol. The third kappa shape index (κ3) is 2.13. The second-order valence-corrected chi connectivity index (χ2v) is 5.35. The Labute approximate surface area is 129 Å². The number of nitrogens with two attached hydrogens (primary N) is 1. The Morgan fingerprint density at radius 3 is 2.82 bits per heavy atom. The van der Waals surface area contributed by atoms with Gasteiger partial charge >= 0.3 is 0 Å². The first kappa shape index (κ1) is 14.2. The standard InChI is InChI=1S/C17H17N3O2/c1-22-14-8-4-6-11(16(14)21)15-10-5-2-3-7-13(10)20-17(19)12(15)9-18/h4,6,8,21H,2-3,5,7H2,1H3,(H2,19,20). The van der Waals surface area contributed by atoms with Gasteiger partial charge in [-0.25, -0.2) is 4.98 Å². The Hall–Kier alpha value is -2.74. The highest BCUT2D eigenvalue weighted by Crippen LogP contribution is 2.43. The fourth-order valence-electron chi connectivity index (χ4n) is 3.06. The summed E-state index contributed by atoms with van der Waals surface area (Å²) < 4.78 is 5.18. The highest BCUT2D eigenvalue weighted by molar-refractivity contribution is 5.84. The first-order valence-corrected chi connectivity index (χ1v) is 7.25. The Bertz CT molecular complexity index is 778. The number of pyridine rings is 1. The molecule has 0 amide bonds. The number of rotatable bonds is 2. The molecule has 0 fully saturated rings. The molecule has 0 saturated carbocycles. The highest BCUT2D eigenvalue weighted by Gasteiger charge is 2.24. The largest absolute Gasteiger partial charge is 0.504 e. The van der Waals surface area contributed by atoms with Crippen LogP contribution in [0, 0.1) is 11.3 Å². The number of aromatic hydroxyl groups is 1. The normalized spacial score (nSPS) is 13.3. The van der Waals surface area contributed by atoms with Crippen molar-refractivity contribution in [3.63, 3.8) is 0 Å². The van der Waals surface area contributed by atoms with Crippen LogP contribution in [0.2, 0.25) is 0 Å². The zero-order valence-electron chi connectivity index (χ0n) is 12.4. The molecule has 2 aromatic rings. The van der Waals surface area contributed by atoms with Crippen LogP contribution in [0.3, 0.4) is 0 Å². The lowest BCUT2D eigenvalue weighted by atomic mass is 9.86. The molecule has 0 saturated heterocycles. The summed E-state index contributed by atoms with van der Waals surface area (Å²) in [6.07, 6.45) is 3.79. The molecule has 3 rings (SSSR count). The minimum atomic E-state index is 0.0277. The molecule has 1 aliphatic carbocycles. The molecule has 5 nitrogen and oxygen atoms in total. The molecule has 22 heavy (non-hydrogen) atoms. The lowest BCUT2D eigenvalue weighted by molar-refractivity contribution is 0.374. The predicted octanol–water partition coefficient (Wildman–Crippen LogP) is 2.80. The van der Waals surface area contributed by atoms with Gasteiger partial charge in [0.2, 0.25) is 0 Å². The Balaban J connectivity index is 2.35. The van der Waals surface area contributed by atoms with Gasteiger partial charge in [0.25, 0.3) is 0 Å². The summed E-state index contributed by atoms with van der Waals surface area (Å²) in [6.45, 7) is 0. The van der Waals surface area contributed by atoms with Crippen LogP contribution < -0.4 is 10.5 Å². The Morgan fingerprint density at radius 1 is 1.32 bits per heavy atom. The third-order valence-electron chi connectivity index (χ3n) is 4.10. The third-order valence-corrected chi connectivity index (χ3v) is 4.10. The van der Waals surface area contributed by atoms with Crippen LogP contribution in [-0.2, 0) is 12.8 Å². The van der Waals surface area contributed by atoms with Crippen LogP contribution in [0.4, 0.5) is 5.82 Å². The van der Waals surface area contributed by atoms with Crippen molar-refractivity contribution >= 4 is 5.82 Å². The van der Waals surface area contributed by atoms with Crippen LogP contribution in [0.25, 0.3) is 11.1 Å². The number of hydrogen-bond donors (Lipinski definition) is 2. The maximum Gasteiger partial charge on any atom is 0.165 e. The first-order valence-electron chi connectivity index (χ1n) is 7.25. The molecule has 1 aromatic heterocycles. The lowest BCUT2D eigenvalue weighted by Gasteiger charge is -2.21. The number of aryl methyl sites for hydroxylation is 1. The molecular formula is C17H17N3O2. The predicted molar refractivity (Wildman–Crippen MR) is 83.7 cm³/mol. The number of aromatic nitrogens is 1. The van der Waals surface area contributed by atoms with Crippen molar-refractivity contribution in [2.24, 2.45) is 0 Å². The number of phenols is 1.